The van der Waals surface area contributed by atoms with Crippen LogP contribution in [-0.2, 0) is 4.79 Å². The Morgan fingerprint density at radius 2 is 2.06 bits per heavy atom. The zero-order valence-corrected chi connectivity index (χ0v) is 10.5. The third-order valence-corrected chi connectivity index (χ3v) is 3.00. The minimum atomic E-state index is -0.337. The van der Waals surface area contributed by atoms with E-state index >= 15 is 0 Å². The second-order valence-electron chi connectivity index (χ2n) is 3.92. The minimum absolute atomic E-state index is 0.0141. The van der Waals surface area contributed by atoms with Gasteiger partial charge in [-0.15, -0.1) is 0 Å². The standard InChI is InChI=1S/C12H14ClN3O/c1-15-8-7-14-11(15)12(17)16(2)10-5-3-9(13)4-6-10/h3-8,11,14H,1-2H3. The molecule has 0 aliphatic carbocycles. The van der Waals surface area contributed by atoms with Crippen molar-refractivity contribution >= 4 is 23.2 Å². The Morgan fingerprint density at radius 1 is 1.41 bits per heavy atom. The van der Waals surface area contributed by atoms with Gasteiger partial charge in [0.05, 0.1) is 0 Å². The van der Waals surface area contributed by atoms with Gasteiger partial charge in [0, 0.05) is 37.2 Å². The number of rotatable bonds is 2. The predicted molar refractivity (Wildman–Crippen MR) is 68.7 cm³/mol. The Kier molecular flexibility index (Phi) is 3.24. The van der Waals surface area contributed by atoms with Crippen LogP contribution in [0.15, 0.2) is 36.7 Å². The number of benzene rings is 1. The van der Waals surface area contributed by atoms with Gasteiger partial charge in [-0.2, -0.15) is 0 Å². The van der Waals surface area contributed by atoms with Gasteiger partial charge >= 0.3 is 0 Å². The topological polar surface area (TPSA) is 35.6 Å². The summed E-state index contributed by atoms with van der Waals surface area (Å²) in [6.45, 7) is 0. The quantitative estimate of drug-likeness (QED) is 0.868. The highest BCUT2D eigenvalue weighted by molar-refractivity contribution is 6.30. The van der Waals surface area contributed by atoms with Gasteiger partial charge in [0.2, 0.25) is 0 Å². The number of nitrogens with one attached hydrogen (secondary N) is 1. The molecule has 0 saturated carbocycles. The van der Waals surface area contributed by atoms with Crippen LogP contribution < -0.4 is 10.2 Å². The molecule has 1 heterocycles. The lowest BCUT2D eigenvalue weighted by atomic mass is 10.3. The molecule has 0 radical (unpaired) electrons. The highest BCUT2D eigenvalue weighted by Crippen LogP contribution is 2.18. The zero-order chi connectivity index (χ0) is 12.4. The van der Waals surface area contributed by atoms with Crippen LogP contribution in [0.4, 0.5) is 5.69 Å². The van der Waals surface area contributed by atoms with E-state index < -0.39 is 0 Å². The SMILES string of the molecule is CN(C(=O)C1NC=CN1C)c1ccc(Cl)cc1. The van der Waals surface area contributed by atoms with E-state index in [0.717, 1.165) is 5.69 Å². The fraction of sp³-hybridized carbons (Fsp3) is 0.250. The van der Waals surface area contributed by atoms with Crippen LogP contribution in [0.2, 0.25) is 5.02 Å². The first-order valence-electron chi connectivity index (χ1n) is 5.27. The number of amides is 1. The monoisotopic (exact) mass is 251 g/mol. The maximum Gasteiger partial charge on any atom is 0.270 e. The van der Waals surface area contributed by atoms with Crippen molar-refractivity contribution in [3.8, 4) is 0 Å². The average molecular weight is 252 g/mol. The summed E-state index contributed by atoms with van der Waals surface area (Å²) in [5.41, 5.74) is 0.821. The maximum absolute atomic E-state index is 12.2. The van der Waals surface area contributed by atoms with Gasteiger partial charge in [-0.3, -0.25) is 4.79 Å². The first-order chi connectivity index (χ1) is 8.09. The predicted octanol–water partition coefficient (Wildman–Crippen LogP) is 1.64. The van der Waals surface area contributed by atoms with Gasteiger partial charge < -0.3 is 15.1 Å². The summed E-state index contributed by atoms with van der Waals surface area (Å²) in [7, 11) is 3.61. The van der Waals surface area contributed by atoms with E-state index in [4.69, 9.17) is 11.6 Å². The van der Waals surface area contributed by atoms with E-state index in [0.29, 0.717) is 5.02 Å². The van der Waals surface area contributed by atoms with Crippen molar-refractivity contribution in [1.29, 1.82) is 0 Å². The number of likely N-dealkylation sites (N-methyl/N-ethyl adjacent to an activating group) is 2. The number of hydrogen-bond acceptors (Lipinski definition) is 3. The van der Waals surface area contributed by atoms with Crippen molar-refractivity contribution in [2.45, 2.75) is 6.17 Å². The molecule has 1 unspecified atom stereocenters. The number of anilines is 1. The van der Waals surface area contributed by atoms with Gasteiger partial charge in [-0.05, 0) is 24.3 Å². The molecule has 1 aliphatic heterocycles. The molecule has 0 bridgehead atoms. The van der Waals surface area contributed by atoms with Crippen LogP contribution in [-0.4, -0.2) is 31.1 Å². The van der Waals surface area contributed by atoms with Gasteiger partial charge in [0.1, 0.15) is 0 Å². The molecule has 1 aromatic rings. The summed E-state index contributed by atoms with van der Waals surface area (Å²) >= 11 is 5.81. The van der Waals surface area contributed by atoms with Crippen LogP contribution >= 0.6 is 11.6 Å². The summed E-state index contributed by atoms with van der Waals surface area (Å²) in [4.78, 5) is 15.6. The molecule has 4 nitrogen and oxygen atoms in total. The lowest BCUT2D eigenvalue weighted by molar-refractivity contribution is -0.122. The summed E-state index contributed by atoms with van der Waals surface area (Å²) in [6, 6.07) is 7.18. The van der Waals surface area contributed by atoms with Crippen molar-refractivity contribution in [2.75, 3.05) is 19.0 Å². The Hall–Kier alpha value is -1.68. The maximum atomic E-state index is 12.2. The van der Waals surface area contributed by atoms with E-state index in [1.807, 2.05) is 30.3 Å². The molecule has 1 aliphatic rings. The molecule has 0 spiro atoms. The van der Waals surface area contributed by atoms with Crippen molar-refractivity contribution in [1.82, 2.24) is 10.2 Å². The van der Waals surface area contributed by atoms with Crippen LogP contribution in [0.25, 0.3) is 0 Å². The number of carbonyl (C=O) groups excluding carboxylic acids is 1. The smallest absolute Gasteiger partial charge is 0.270 e. The summed E-state index contributed by atoms with van der Waals surface area (Å²) < 4.78 is 0. The lowest BCUT2D eigenvalue weighted by Crippen LogP contribution is -2.48. The number of halogens is 1. The molecule has 2 rings (SSSR count). The van der Waals surface area contributed by atoms with Crippen molar-refractivity contribution in [3.63, 3.8) is 0 Å². The highest BCUT2D eigenvalue weighted by atomic mass is 35.5. The van der Waals surface area contributed by atoms with E-state index in [2.05, 4.69) is 5.32 Å². The van der Waals surface area contributed by atoms with E-state index in [1.54, 1.807) is 30.3 Å². The molecule has 0 saturated heterocycles. The number of carbonyl (C=O) groups is 1. The lowest BCUT2D eigenvalue weighted by Gasteiger charge is -2.26. The minimum Gasteiger partial charge on any atom is -0.362 e. The Morgan fingerprint density at radius 3 is 2.59 bits per heavy atom. The van der Waals surface area contributed by atoms with Crippen LogP contribution in [0.5, 0.6) is 0 Å². The van der Waals surface area contributed by atoms with Crippen LogP contribution in [0.3, 0.4) is 0 Å². The molecule has 0 aromatic heterocycles. The second kappa shape index (κ2) is 4.67. The molecule has 5 heteroatoms. The van der Waals surface area contributed by atoms with Crippen molar-refractivity contribution in [3.05, 3.63) is 41.7 Å². The van der Waals surface area contributed by atoms with Gasteiger partial charge in [-0.1, -0.05) is 11.6 Å². The van der Waals surface area contributed by atoms with E-state index in [9.17, 15) is 4.79 Å². The molecule has 17 heavy (non-hydrogen) atoms. The Labute approximate surface area is 105 Å². The van der Waals surface area contributed by atoms with Gasteiger partial charge in [0.25, 0.3) is 5.91 Å². The van der Waals surface area contributed by atoms with Gasteiger partial charge in [-0.25, -0.2) is 0 Å². The Balaban J connectivity index is 2.12. The van der Waals surface area contributed by atoms with E-state index in [1.165, 1.54) is 0 Å². The normalized spacial score (nSPS) is 18.1. The fourth-order valence-corrected chi connectivity index (χ4v) is 1.80. The molecular formula is C12H14ClN3O. The number of nitrogens with zero attached hydrogens (tertiary/aromatic N) is 2. The third kappa shape index (κ3) is 2.36. The average Bonchev–Trinajstić information content (AvgIpc) is 2.74. The molecular weight excluding hydrogens is 238 g/mol. The highest BCUT2D eigenvalue weighted by Gasteiger charge is 2.26. The first kappa shape index (κ1) is 11.8. The zero-order valence-electron chi connectivity index (χ0n) is 9.72. The summed E-state index contributed by atoms with van der Waals surface area (Å²) in [5.74, 6) is -0.0141. The molecule has 1 aromatic carbocycles. The second-order valence-corrected chi connectivity index (χ2v) is 4.36. The fourth-order valence-electron chi connectivity index (χ4n) is 1.68. The van der Waals surface area contributed by atoms with Crippen molar-refractivity contribution in [2.24, 2.45) is 0 Å². The number of hydrogen-bond donors (Lipinski definition) is 1. The molecule has 1 atom stereocenters. The molecule has 1 amide bonds. The van der Waals surface area contributed by atoms with Crippen molar-refractivity contribution < 1.29 is 4.79 Å². The molecule has 0 fully saturated rings. The first-order valence-corrected chi connectivity index (χ1v) is 5.65. The van der Waals surface area contributed by atoms with E-state index in [-0.39, 0.29) is 12.1 Å². The Bertz CT molecular complexity index is 444. The van der Waals surface area contributed by atoms with Crippen LogP contribution in [0, 0.1) is 0 Å². The van der Waals surface area contributed by atoms with Gasteiger partial charge in [0.15, 0.2) is 6.17 Å². The molecule has 90 valence electrons. The van der Waals surface area contributed by atoms with Crippen LogP contribution in [0.1, 0.15) is 0 Å². The summed E-state index contributed by atoms with van der Waals surface area (Å²) in [5, 5.41) is 3.66. The third-order valence-electron chi connectivity index (χ3n) is 2.75. The largest absolute Gasteiger partial charge is 0.362 e. The summed E-state index contributed by atoms with van der Waals surface area (Å²) in [6.07, 6.45) is 3.26. The molecule has 1 N–H and O–H groups in total.